The highest BCUT2D eigenvalue weighted by atomic mass is 32.2. The number of thioether (sulfide) groups is 1. The lowest BCUT2D eigenvalue weighted by molar-refractivity contribution is 0.571. The minimum atomic E-state index is -0.320. The summed E-state index contributed by atoms with van der Waals surface area (Å²) >= 11 is 3.14. The molecule has 0 amide bonds. The van der Waals surface area contributed by atoms with Crippen molar-refractivity contribution in [2.24, 2.45) is 0 Å². The van der Waals surface area contributed by atoms with Crippen LogP contribution in [0.4, 0.5) is 4.39 Å². The molecule has 0 saturated heterocycles. The molecule has 4 rings (SSSR count). The number of rotatable bonds is 6. The number of hydrogen-bond acceptors (Lipinski definition) is 7. The van der Waals surface area contributed by atoms with Gasteiger partial charge in [-0.15, -0.1) is 16.4 Å². The molecule has 25 heavy (non-hydrogen) atoms. The fraction of sp³-hybridized carbons (Fsp3) is 0.125. The van der Waals surface area contributed by atoms with E-state index in [1.807, 2.05) is 17.5 Å². The Morgan fingerprint density at radius 2 is 2.20 bits per heavy atom. The first-order valence-corrected chi connectivity index (χ1v) is 9.26. The third-order valence-corrected chi connectivity index (χ3v) is 5.21. The predicted octanol–water partition coefficient (Wildman–Crippen LogP) is 3.87. The van der Waals surface area contributed by atoms with Gasteiger partial charge in [0.05, 0.1) is 12.2 Å². The number of halogens is 1. The predicted molar refractivity (Wildman–Crippen MR) is 92.7 cm³/mol. The van der Waals surface area contributed by atoms with Crippen molar-refractivity contribution >= 4 is 23.1 Å². The molecule has 126 valence electrons. The van der Waals surface area contributed by atoms with Crippen LogP contribution in [0.25, 0.3) is 11.5 Å². The van der Waals surface area contributed by atoms with Crippen molar-refractivity contribution in [2.75, 3.05) is 0 Å². The minimum Gasteiger partial charge on any atom is -0.444 e. The van der Waals surface area contributed by atoms with E-state index in [9.17, 15) is 4.39 Å². The van der Waals surface area contributed by atoms with E-state index in [-0.39, 0.29) is 5.82 Å². The second kappa shape index (κ2) is 7.16. The van der Waals surface area contributed by atoms with Crippen molar-refractivity contribution < 1.29 is 8.81 Å². The van der Waals surface area contributed by atoms with Crippen molar-refractivity contribution in [3.8, 4) is 11.5 Å². The Morgan fingerprint density at radius 3 is 3.04 bits per heavy atom. The van der Waals surface area contributed by atoms with Gasteiger partial charge in [0.25, 0.3) is 0 Å². The van der Waals surface area contributed by atoms with Crippen LogP contribution in [0.15, 0.2) is 57.6 Å². The van der Waals surface area contributed by atoms with Gasteiger partial charge in [0.15, 0.2) is 0 Å². The molecule has 3 aromatic heterocycles. The molecule has 6 nitrogen and oxygen atoms in total. The molecule has 4 aromatic rings. The van der Waals surface area contributed by atoms with Gasteiger partial charge in [0, 0.05) is 16.2 Å². The average Bonchev–Trinajstić information content (AvgIpc) is 3.36. The summed E-state index contributed by atoms with van der Waals surface area (Å²) in [4.78, 5) is 5.58. The van der Waals surface area contributed by atoms with Gasteiger partial charge in [-0.3, -0.25) is 0 Å². The van der Waals surface area contributed by atoms with E-state index >= 15 is 0 Å². The van der Waals surface area contributed by atoms with E-state index in [0.717, 1.165) is 5.69 Å². The van der Waals surface area contributed by atoms with Gasteiger partial charge in [-0.25, -0.2) is 14.1 Å². The normalized spacial score (nSPS) is 11.1. The van der Waals surface area contributed by atoms with Gasteiger partial charge >= 0.3 is 0 Å². The Bertz CT molecular complexity index is 967. The second-order valence-corrected chi connectivity index (χ2v) is 7.12. The molecule has 0 aliphatic heterocycles. The first-order valence-electron chi connectivity index (χ1n) is 7.39. The Morgan fingerprint density at radius 1 is 1.24 bits per heavy atom. The largest absolute Gasteiger partial charge is 0.444 e. The van der Waals surface area contributed by atoms with Crippen molar-refractivity contribution in [3.63, 3.8) is 0 Å². The summed E-state index contributed by atoms with van der Waals surface area (Å²) in [7, 11) is 0. The second-order valence-electron chi connectivity index (χ2n) is 5.14. The number of tetrazole rings is 1. The quantitative estimate of drug-likeness (QED) is 0.478. The van der Waals surface area contributed by atoms with Crippen LogP contribution in [0.2, 0.25) is 0 Å². The van der Waals surface area contributed by atoms with Crippen LogP contribution in [0.3, 0.4) is 0 Å². The molecule has 3 heterocycles. The third-order valence-electron chi connectivity index (χ3n) is 3.36. The molecular formula is C16H12FN5OS2. The smallest absolute Gasteiger partial charge is 0.226 e. The van der Waals surface area contributed by atoms with Gasteiger partial charge in [-0.05, 0) is 40.1 Å². The third kappa shape index (κ3) is 3.77. The zero-order chi connectivity index (χ0) is 17.1. The molecule has 1 aromatic carbocycles. The highest BCUT2D eigenvalue weighted by Gasteiger charge is 2.12. The van der Waals surface area contributed by atoms with E-state index in [1.54, 1.807) is 34.4 Å². The number of thiophene rings is 1. The Hall–Kier alpha value is -2.52. The summed E-state index contributed by atoms with van der Waals surface area (Å²) in [5, 5.41) is 14.5. The van der Waals surface area contributed by atoms with E-state index in [4.69, 9.17) is 4.42 Å². The van der Waals surface area contributed by atoms with E-state index < -0.39 is 0 Å². The summed E-state index contributed by atoms with van der Waals surface area (Å²) in [5.74, 6) is 0.636. The maximum atomic E-state index is 13.3. The van der Waals surface area contributed by atoms with Gasteiger partial charge in [0.1, 0.15) is 12.1 Å². The monoisotopic (exact) mass is 373 g/mol. The van der Waals surface area contributed by atoms with E-state index in [2.05, 4.69) is 20.5 Å². The number of nitrogens with zero attached hydrogens (tertiary/aromatic N) is 5. The van der Waals surface area contributed by atoms with Crippen LogP contribution in [0.5, 0.6) is 0 Å². The molecule has 0 aliphatic rings. The molecule has 0 spiro atoms. The number of hydrogen-bond donors (Lipinski definition) is 0. The molecule has 0 radical (unpaired) electrons. The maximum Gasteiger partial charge on any atom is 0.226 e. The van der Waals surface area contributed by atoms with Gasteiger partial charge in [-0.2, -0.15) is 0 Å². The zero-order valence-electron chi connectivity index (χ0n) is 12.9. The van der Waals surface area contributed by atoms with Crippen LogP contribution >= 0.6 is 23.1 Å². The van der Waals surface area contributed by atoms with Gasteiger partial charge < -0.3 is 4.42 Å². The summed E-state index contributed by atoms with van der Waals surface area (Å²) in [5.41, 5.74) is 1.36. The number of benzene rings is 1. The summed E-state index contributed by atoms with van der Waals surface area (Å²) in [6.45, 7) is 0.639. The lowest BCUT2D eigenvalue weighted by Crippen LogP contribution is -2.02. The molecule has 0 fully saturated rings. The maximum absolute atomic E-state index is 13.3. The Labute approximate surface area is 150 Å². The summed E-state index contributed by atoms with van der Waals surface area (Å²) in [6.07, 6.45) is 1.57. The molecule has 9 heteroatoms. The molecular weight excluding hydrogens is 361 g/mol. The Kier molecular flexibility index (Phi) is 4.57. The molecule has 0 N–H and O–H groups in total. The lowest BCUT2D eigenvalue weighted by Gasteiger charge is -2.01. The van der Waals surface area contributed by atoms with Crippen LogP contribution in [-0.4, -0.2) is 25.2 Å². The lowest BCUT2D eigenvalue weighted by atomic mass is 10.2. The minimum absolute atomic E-state index is 0.320. The Balaban J connectivity index is 1.43. The molecule has 0 aliphatic carbocycles. The number of oxazole rings is 1. The van der Waals surface area contributed by atoms with Crippen molar-refractivity contribution in [1.82, 2.24) is 25.2 Å². The fourth-order valence-corrected chi connectivity index (χ4v) is 3.65. The SMILES string of the molecule is Fc1cccc(-c2nc(CSc3nnnn3Cc3cccs3)co2)c1. The molecule has 0 saturated carbocycles. The highest BCUT2D eigenvalue weighted by molar-refractivity contribution is 7.98. The molecule has 0 atom stereocenters. The first kappa shape index (κ1) is 16.0. The van der Waals surface area contributed by atoms with Gasteiger partial charge in [0.2, 0.25) is 11.0 Å². The zero-order valence-corrected chi connectivity index (χ0v) is 14.5. The topological polar surface area (TPSA) is 69.6 Å². The van der Waals surface area contributed by atoms with E-state index in [1.165, 1.54) is 28.8 Å². The average molecular weight is 373 g/mol. The van der Waals surface area contributed by atoms with Crippen molar-refractivity contribution in [1.29, 1.82) is 0 Å². The first-order chi connectivity index (χ1) is 12.3. The standard InChI is InChI=1S/C16H12FN5OS2/c17-12-4-1-3-11(7-12)15-18-13(9-23-15)10-25-16-19-20-21-22(16)8-14-5-2-6-24-14/h1-7,9H,8,10H2. The fourth-order valence-electron chi connectivity index (χ4n) is 2.22. The highest BCUT2D eigenvalue weighted by Crippen LogP contribution is 2.24. The van der Waals surface area contributed by atoms with Crippen LogP contribution < -0.4 is 0 Å². The molecule has 0 bridgehead atoms. The van der Waals surface area contributed by atoms with E-state index in [0.29, 0.717) is 28.9 Å². The molecule has 0 unspecified atom stereocenters. The van der Waals surface area contributed by atoms with Crippen molar-refractivity contribution in [3.05, 3.63) is 64.4 Å². The van der Waals surface area contributed by atoms with Gasteiger partial charge in [-0.1, -0.05) is 23.9 Å². The van der Waals surface area contributed by atoms with Crippen LogP contribution in [0, 0.1) is 5.82 Å². The van der Waals surface area contributed by atoms with Crippen molar-refractivity contribution in [2.45, 2.75) is 17.5 Å². The number of aromatic nitrogens is 5. The summed E-state index contributed by atoms with van der Waals surface area (Å²) in [6, 6.07) is 10.2. The van der Waals surface area contributed by atoms with Crippen LogP contribution in [0.1, 0.15) is 10.6 Å². The summed E-state index contributed by atoms with van der Waals surface area (Å²) < 4.78 is 20.5. The van der Waals surface area contributed by atoms with Crippen LogP contribution in [-0.2, 0) is 12.3 Å².